The van der Waals surface area contributed by atoms with Crippen LogP contribution in [0, 0.1) is 51.9 Å². The Labute approximate surface area is 339 Å². The normalized spacial score (nSPS) is 11.5. The number of azide groups is 2. The number of hydrogen-bond acceptors (Lipinski definition) is 12. The molecule has 4 aromatic carbocycles. The number of carbonyl (C=O) groups is 5. The second kappa shape index (κ2) is 20.1. The van der Waals surface area contributed by atoms with Crippen LogP contribution in [0.25, 0.3) is 20.9 Å². The highest BCUT2D eigenvalue weighted by Gasteiger charge is 2.34. The van der Waals surface area contributed by atoms with Gasteiger partial charge in [0.15, 0.2) is 52.4 Å². The number of hydrogen-bond donors (Lipinski definition) is 5. The second-order valence-corrected chi connectivity index (χ2v) is 12.3. The number of ether oxygens (including phenoxy) is 2. The Morgan fingerprint density at radius 1 is 0.581 bits per heavy atom. The third kappa shape index (κ3) is 10.9. The summed E-state index contributed by atoms with van der Waals surface area (Å²) in [5, 5.41) is 35.7. The first kappa shape index (κ1) is 46.4. The largest absolute Gasteiger partial charge is 0.508 e. The Morgan fingerprint density at radius 3 is 1.26 bits per heavy atom. The van der Waals surface area contributed by atoms with Gasteiger partial charge in [0.25, 0.3) is 11.8 Å². The van der Waals surface area contributed by atoms with Crippen LogP contribution in [0.2, 0.25) is 0 Å². The van der Waals surface area contributed by atoms with Gasteiger partial charge in [-0.3, -0.25) is 19.8 Å². The molecule has 0 saturated heterocycles. The maximum Gasteiger partial charge on any atom is 0.336 e. The van der Waals surface area contributed by atoms with E-state index in [1.807, 2.05) is 9.82 Å². The summed E-state index contributed by atoms with van der Waals surface area (Å²) in [5.74, 6) is -28.7. The number of nitrogens with zero attached hydrogens (tertiary/aromatic N) is 6. The number of rotatable bonds is 15. The van der Waals surface area contributed by atoms with Crippen molar-refractivity contribution in [2.45, 2.75) is 37.8 Å². The minimum atomic E-state index is -2.34. The molecule has 4 rings (SSSR count). The molecule has 0 heterocycles. The van der Waals surface area contributed by atoms with Crippen LogP contribution in [0.4, 0.5) is 46.5 Å². The highest BCUT2D eigenvalue weighted by molar-refractivity contribution is 6.00. The molecular formula is C36H23F8N9O9. The summed E-state index contributed by atoms with van der Waals surface area (Å²) < 4.78 is 126. The van der Waals surface area contributed by atoms with Gasteiger partial charge in [0.05, 0.1) is 6.42 Å². The number of amides is 2. The first-order chi connectivity index (χ1) is 29.3. The number of carbonyl (C=O) groups excluding carboxylic acids is 5. The minimum Gasteiger partial charge on any atom is -0.508 e. The quantitative estimate of drug-likeness (QED) is 0.00959. The molecule has 0 radical (unpaired) electrons. The van der Waals surface area contributed by atoms with E-state index in [1.54, 1.807) is 10.6 Å². The fourth-order valence-electron chi connectivity index (χ4n) is 5.18. The monoisotopic (exact) mass is 877 g/mol. The molecule has 0 bridgehead atoms. The fraction of sp³-hybridized carbons (Fsp3) is 0.167. The summed E-state index contributed by atoms with van der Waals surface area (Å²) in [5.41, 5.74) is 9.78. The molecular weight excluding hydrogens is 854 g/mol. The van der Waals surface area contributed by atoms with E-state index in [-0.39, 0.29) is 22.6 Å². The lowest BCUT2D eigenvalue weighted by molar-refractivity contribution is -0.161. The number of phenolic OH excluding ortho intramolecular Hbond substituents is 2. The van der Waals surface area contributed by atoms with Crippen molar-refractivity contribution in [2.75, 3.05) is 0 Å². The van der Waals surface area contributed by atoms with Crippen molar-refractivity contribution in [3.05, 3.63) is 138 Å². The molecule has 5 N–H and O–H groups in total. The van der Waals surface area contributed by atoms with Crippen LogP contribution in [-0.2, 0) is 36.7 Å². The molecule has 2 atom stereocenters. The van der Waals surface area contributed by atoms with Crippen LogP contribution in [0.15, 0.2) is 58.8 Å². The molecule has 0 spiro atoms. The predicted octanol–water partition coefficient (Wildman–Crippen LogP) is 6.85. The molecule has 0 saturated carbocycles. The molecule has 0 aliphatic carbocycles. The molecule has 26 heteroatoms. The third-order valence-electron chi connectivity index (χ3n) is 8.15. The summed E-state index contributed by atoms with van der Waals surface area (Å²) in [7, 11) is 0. The Bertz CT molecular complexity index is 2350. The van der Waals surface area contributed by atoms with Crippen molar-refractivity contribution in [2.24, 2.45) is 10.2 Å². The zero-order valence-corrected chi connectivity index (χ0v) is 30.6. The van der Waals surface area contributed by atoms with Gasteiger partial charge in [-0.25, -0.2) is 44.7 Å². The molecule has 322 valence electrons. The summed E-state index contributed by atoms with van der Waals surface area (Å²) in [6.07, 6.45) is -3.16. The van der Waals surface area contributed by atoms with Crippen molar-refractivity contribution in [3.63, 3.8) is 0 Å². The lowest BCUT2D eigenvalue weighted by atomic mass is 10.0. The lowest BCUT2D eigenvalue weighted by Gasteiger charge is -2.19. The second-order valence-electron chi connectivity index (χ2n) is 12.3. The molecule has 0 fully saturated rings. The molecule has 0 aliphatic heterocycles. The summed E-state index contributed by atoms with van der Waals surface area (Å²) >= 11 is 0. The van der Waals surface area contributed by atoms with E-state index in [1.165, 1.54) is 24.3 Å². The van der Waals surface area contributed by atoms with Crippen LogP contribution < -0.4 is 10.6 Å². The fourth-order valence-corrected chi connectivity index (χ4v) is 5.18. The molecule has 4 aromatic rings. The van der Waals surface area contributed by atoms with Crippen LogP contribution in [0.5, 0.6) is 11.5 Å². The van der Waals surface area contributed by atoms with Crippen LogP contribution in [0.1, 0.15) is 44.7 Å². The van der Waals surface area contributed by atoms with E-state index < -0.39 is 142 Å². The van der Waals surface area contributed by atoms with Gasteiger partial charge >= 0.3 is 17.9 Å². The zero-order chi connectivity index (χ0) is 46.0. The average Bonchev–Trinajstić information content (AvgIpc) is 3.22. The zero-order valence-electron chi connectivity index (χ0n) is 30.6. The van der Waals surface area contributed by atoms with Gasteiger partial charge in [0.2, 0.25) is 0 Å². The standard InChI is InChI=1S/C36H23F8N9O9/c37-23-21(24(38)28(42)31(27(23)41)50-52-46)33(57)48-17(11-13-1-5-15(54)6-2-13)35(59)61-19(45)9-10-20(56)62-36(60)18(12-14-3-7-16(55)8-4-14)49-34(58)22-25(39)29(43)32(51-53-47)30(44)26(22)40/h1-8,17-18,45,54-55H,9-12H2,(H,48,57)(H,49,58). The summed E-state index contributed by atoms with van der Waals surface area (Å²) in [4.78, 5) is 68.8. The number of benzene rings is 4. The number of halogens is 8. The predicted molar refractivity (Wildman–Crippen MR) is 190 cm³/mol. The van der Waals surface area contributed by atoms with Crippen molar-refractivity contribution >= 4 is 47.0 Å². The van der Waals surface area contributed by atoms with Crippen LogP contribution >= 0.6 is 0 Å². The first-order valence-corrected chi connectivity index (χ1v) is 16.8. The highest BCUT2D eigenvalue weighted by atomic mass is 19.2. The number of aromatic hydroxyl groups is 2. The third-order valence-corrected chi connectivity index (χ3v) is 8.15. The first-order valence-electron chi connectivity index (χ1n) is 16.8. The number of nitrogens with one attached hydrogen (secondary N) is 3. The van der Waals surface area contributed by atoms with E-state index in [2.05, 4.69) is 15.0 Å². The Morgan fingerprint density at radius 2 is 0.919 bits per heavy atom. The number of phenols is 2. The van der Waals surface area contributed by atoms with Crippen molar-refractivity contribution in [1.29, 1.82) is 5.41 Å². The van der Waals surface area contributed by atoms with Crippen molar-refractivity contribution in [1.82, 2.24) is 10.6 Å². The molecule has 2 unspecified atom stereocenters. The van der Waals surface area contributed by atoms with Gasteiger partial charge < -0.3 is 30.3 Å². The van der Waals surface area contributed by atoms with Gasteiger partial charge in [0.1, 0.15) is 46.1 Å². The van der Waals surface area contributed by atoms with Crippen LogP contribution in [-0.4, -0.2) is 57.9 Å². The van der Waals surface area contributed by atoms with Crippen LogP contribution in [0.3, 0.4) is 0 Å². The van der Waals surface area contributed by atoms with E-state index in [0.29, 0.717) is 0 Å². The maximum absolute atomic E-state index is 14.7. The summed E-state index contributed by atoms with van der Waals surface area (Å²) in [6.45, 7) is 0. The van der Waals surface area contributed by atoms with Gasteiger partial charge in [0, 0.05) is 29.1 Å². The molecule has 0 aliphatic rings. The Balaban J connectivity index is 1.49. The highest BCUT2D eigenvalue weighted by Crippen LogP contribution is 2.32. The SMILES string of the molecule is [N-]=[N+]=Nc1c(F)c(F)c(C(=O)NC(Cc2ccc(O)cc2)C(=O)OC(=N)CCC(=O)OC(=O)C(Cc2ccc(O)cc2)NC(=O)c2c(F)c(F)c(N=[N+]=[N-])c(F)c2F)c(F)c1F. The number of esters is 3. The van der Waals surface area contributed by atoms with E-state index >= 15 is 0 Å². The Kier molecular flexibility index (Phi) is 15.1. The summed E-state index contributed by atoms with van der Waals surface area (Å²) in [6, 6.07) is 5.15. The topological polar surface area (TPSA) is 290 Å². The Hall–Kier alpha value is -8.24. The average molecular weight is 878 g/mol. The lowest BCUT2D eigenvalue weighted by Crippen LogP contribution is -2.45. The van der Waals surface area contributed by atoms with Crippen molar-refractivity contribution < 1.29 is 78.8 Å². The molecule has 18 nitrogen and oxygen atoms in total. The minimum absolute atomic E-state index is 0.100. The molecule has 0 aromatic heterocycles. The molecule has 62 heavy (non-hydrogen) atoms. The van der Waals surface area contributed by atoms with E-state index in [9.17, 15) is 69.3 Å². The van der Waals surface area contributed by atoms with E-state index in [0.717, 1.165) is 24.3 Å². The van der Waals surface area contributed by atoms with Gasteiger partial charge in [-0.15, -0.1) is 0 Å². The smallest absolute Gasteiger partial charge is 0.336 e. The van der Waals surface area contributed by atoms with E-state index in [4.69, 9.17) is 21.2 Å². The maximum atomic E-state index is 14.7. The van der Waals surface area contributed by atoms with Crippen molar-refractivity contribution in [3.8, 4) is 11.5 Å². The van der Waals surface area contributed by atoms with Gasteiger partial charge in [-0.2, -0.15) is 0 Å². The van der Waals surface area contributed by atoms with Gasteiger partial charge in [-0.05, 0) is 46.5 Å². The molecule has 2 amide bonds. The van der Waals surface area contributed by atoms with Gasteiger partial charge in [-0.1, -0.05) is 34.5 Å².